The number of carbonyl (C=O) groups excluding carboxylic acids is 1. The summed E-state index contributed by atoms with van der Waals surface area (Å²) in [6.45, 7) is 0. The Bertz CT molecular complexity index is 260. The highest BCUT2D eigenvalue weighted by molar-refractivity contribution is 9.09. The maximum absolute atomic E-state index is 11.0. The topological polar surface area (TPSA) is 30.0 Å². The van der Waals surface area contributed by atoms with Gasteiger partial charge in [0.1, 0.15) is 0 Å². The monoisotopic (exact) mass is 211 g/mol. The lowest BCUT2D eigenvalue weighted by molar-refractivity contribution is 0.102. The predicted molar refractivity (Wildman–Crippen MR) is 50.5 cm³/mol. The van der Waals surface area contributed by atoms with Gasteiger partial charge in [-0.25, -0.2) is 0 Å². The number of pyridine rings is 1. The molecule has 1 rings (SSSR count). The molecule has 4 heteroatoms. The molecule has 0 saturated carbocycles. The molecule has 0 atom stereocenters. The lowest BCUT2D eigenvalue weighted by atomic mass is 10.0. The summed E-state index contributed by atoms with van der Waals surface area (Å²) in [5.41, 5.74) is 1.59. The van der Waals surface area contributed by atoms with Gasteiger partial charge >= 0.3 is 0 Å². The molecule has 0 radical (unpaired) electrons. The Labute approximate surface area is 74.6 Å². The second-order valence-corrected chi connectivity index (χ2v) is 2.81. The highest BCUT2D eigenvalue weighted by Crippen LogP contribution is 1.98. The Morgan fingerprint density at radius 2 is 2.36 bits per heavy atom. The molecule has 56 valence electrons. The summed E-state index contributed by atoms with van der Waals surface area (Å²) in [5.74, 6) is 0.0671. The minimum atomic E-state index is 0.0671. The van der Waals surface area contributed by atoms with Crippen molar-refractivity contribution in [1.82, 2.24) is 4.98 Å². The van der Waals surface area contributed by atoms with Crippen molar-refractivity contribution >= 4 is 35.2 Å². The van der Waals surface area contributed by atoms with E-state index in [1.165, 1.54) is 0 Å². The molecule has 0 unspecified atom stereocenters. The molecule has 0 bridgehead atoms. The Morgan fingerprint density at radius 3 is 2.82 bits per heavy atom. The van der Waals surface area contributed by atoms with Crippen molar-refractivity contribution in [3.8, 4) is 0 Å². The zero-order valence-electron chi connectivity index (χ0n) is 6.17. The van der Waals surface area contributed by atoms with E-state index < -0.39 is 0 Å². The van der Waals surface area contributed by atoms with E-state index in [4.69, 9.17) is 0 Å². The number of rotatable bonds is 2. The first-order chi connectivity index (χ1) is 5.24. The van der Waals surface area contributed by atoms with Gasteiger partial charge < -0.3 is 0 Å². The lowest BCUT2D eigenvalue weighted by Gasteiger charge is -1.95. The molecule has 0 spiro atoms. The van der Waals surface area contributed by atoms with Crippen LogP contribution in [0.3, 0.4) is 0 Å². The van der Waals surface area contributed by atoms with Gasteiger partial charge in [0.2, 0.25) is 0 Å². The molecule has 0 aromatic carbocycles. The van der Waals surface area contributed by atoms with Gasteiger partial charge in [0.25, 0.3) is 0 Å². The van der Waals surface area contributed by atoms with E-state index in [1.807, 2.05) is 13.9 Å². The van der Waals surface area contributed by atoms with E-state index in [0.29, 0.717) is 10.9 Å². The van der Waals surface area contributed by atoms with Gasteiger partial charge in [0, 0.05) is 11.8 Å². The van der Waals surface area contributed by atoms with Crippen molar-refractivity contribution in [3.63, 3.8) is 0 Å². The van der Waals surface area contributed by atoms with Crippen LogP contribution in [0.25, 0.3) is 0 Å². The SMILES string of the molecule is Bc1ccc(C(=O)CBr)cn1. The van der Waals surface area contributed by atoms with E-state index in [0.717, 1.165) is 5.59 Å². The predicted octanol–water partition coefficient (Wildman–Crippen LogP) is -0.0824. The van der Waals surface area contributed by atoms with E-state index in [2.05, 4.69) is 20.9 Å². The number of carbonyl (C=O) groups is 1. The molecule has 1 aromatic heterocycles. The maximum Gasteiger partial charge on any atom is 0.174 e. The lowest BCUT2D eigenvalue weighted by Crippen LogP contribution is -2.09. The summed E-state index contributed by atoms with van der Waals surface area (Å²) in [6.07, 6.45) is 1.60. The van der Waals surface area contributed by atoms with Crippen LogP contribution in [-0.2, 0) is 0 Å². The van der Waals surface area contributed by atoms with Crippen LogP contribution in [0.4, 0.5) is 0 Å². The van der Waals surface area contributed by atoms with E-state index in [1.54, 1.807) is 12.3 Å². The number of hydrogen-bond donors (Lipinski definition) is 0. The first-order valence-electron chi connectivity index (χ1n) is 3.26. The number of halogens is 1. The van der Waals surface area contributed by atoms with Crippen LogP contribution in [0.1, 0.15) is 10.4 Å². The second-order valence-electron chi connectivity index (χ2n) is 2.25. The molecule has 1 aromatic rings. The quantitative estimate of drug-likeness (QED) is 0.389. The van der Waals surface area contributed by atoms with Gasteiger partial charge in [-0.3, -0.25) is 9.78 Å². The zero-order valence-corrected chi connectivity index (χ0v) is 7.76. The van der Waals surface area contributed by atoms with Crippen molar-refractivity contribution in [3.05, 3.63) is 23.9 Å². The van der Waals surface area contributed by atoms with Crippen molar-refractivity contribution in [2.45, 2.75) is 0 Å². The van der Waals surface area contributed by atoms with Gasteiger partial charge in [-0.05, 0) is 11.7 Å². The summed E-state index contributed by atoms with van der Waals surface area (Å²) in [4.78, 5) is 15.0. The van der Waals surface area contributed by atoms with Crippen LogP contribution >= 0.6 is 15.9 Å². The Morgan fingerprint density at radius 1 is 1.64 bits per heavy atom. The molecule has 11 heavy (non-hydrogen) atoms. The first-order valence-corrected chi connectivity index (χ1v) is 4.38. The molecule has 2 nitrogen and oxygen atoms in total. The summed E-state index contributed by atoms with van der Waals surface area (Å²) in [6, 6.07) is 3.61. The van der Waals surface area contributed by atoms with E-state index in [9.17, 15) is 4.79 Å². The van der Waals surface area contributed by atoms with Gasteiger partial charge in [0.15, 0.2) is 13.6 Å². The normalized spacial score (nSPS) is 9.55. The van der Waals surface area contributed by atoms with Crippen LogP contribution in [-0.4, -0.2) is 23.9 Å². The van der Waals surface area contributed by atoms with Gasteiger partial charge in [-0.2, -0.15) is 0 Å². The van der Waals surface area contributed by atoms with Gasteiger partial charge in [-0.1, -0.05) is 22.0 Å². The molecule has 0 saturated heterocycles. The van der Waals surface area contributed by atoms with Crippen molar-refractivity contribution in [1.29, 1.82) is 0 Å². The molecule has 0 aliphatic carbocycles. The Kier molecular flexibility index (Phi) is 2.82. The average Bonchev–Trinajstić information content (AvgIpc) is 2.05. The summed E-state index contributed by atoms with van der Waals surface area (Å²) >= 11 is 3.09. The Balaban J connectivity index is 2.90. The minimum Gasteiger partial charge on any atom is -0.293 e. The molecule has 1 heterocycles. The summed E-state index contributed by atoms with van der Waals surface area (Å²) in [7, 11) is 1.89. The van der Waals surface area contributed by atoms with Gasteiger partial charge in [-0.15, -0.1) is 0 Å². The van der Waals surface area contributed by atoms with Crippen LogP contribution in [0.2, 0.25) is 0 Å². The number of Topliss-reactive ketones (excluding diaryl/α,β-unsaturated/α-hetero) is 1. The van der Waals surface area contributed by atoms with Crippen molar-refractivity contribution in [2.75, 3.05) is 5.33 Å². The third-order valence-electron chi connectivity index (χ3n) is 1.35. The number of hydrogen-bond acceptors (Lipinski definition) is 2. The van der Waals surface area contributed by atoms with Crippen LogP contribution in [0, 0.1) is 0 Å². The van der Waals surface area contributed by atoms with Crippen molar-refractivity contribution < 1.29 is 4.79 Å². The molecule has 0 fully saturated rings. The highest BCUT2D eigenvalue weighted by atomic mass is 79.9. The summed E-state index contributed by atoms with van der Waals surface area (Å²) < 4.78 is 0. The maximum atomic E-state index is 11.0. The zero-order chi connectivity index (χ0) is 8.27. The molecule has 0 N–H and O–H groups in total. The average molecular weight is 212 g/mol. The van der Waals surface area contributed by atoms with Crippen LogP contribution in [0.15, 0.2) is 18.3 Å². The van der Waals surface area contributed by atoms with E-state index >= 15 is 0 Å². The number of nitrogens with zero attached hydrogens (tertiary/aromatic N) is 1. The molecule has 0 aliphatic heterocycles. The molecule has 0 amide bonds. The smallest absolute Gasteiger partial charge is 0.174 e. The molecular formula is C7H7BBrNO. The molecular weight excluding hydrogens is 205 g/mol. The fourth-order valence-electron chi connectivity index (χ4n) is 0.710. The number of alkyl halides is 1. The first kappa shape index (κ1) is 8.46. The molecule has 0 aliphatic rings. The van der Waals surface area contributed by atoms with Crippen LogP contribution < -0.4 is 5.59 Å². The van der Waals surface area contributed by atoms with Gasteiger partial charge in [0.05, 0.1) is 5.33 Å². The number of ketones is 1. The highest BCUT2D eigenvalue weighted by Gasteiger charge is 2.01. The summed E-state index contributed by atoms with van der Waals surface area (Å²) in [5, 5.41) is 0.359. The van der Waals surface area contributed by atoms with Crippen molar-refractivity contribution in [2.24, 2.45) is 0 Å². The third-order valence-corrected chi connectivity index (χ3v) is 1.86. The largest absolute Gasteiger partial charge is 0.293 e. The number of aromatic nitrogens is 1. The fraction of sp³-hybridized carbons (Fsp3) is 0.143. The third kappa shape index (κ3) is 2.15. The second kappa shape index (κ2) is 3.67. The minimum absolute atomic E-state index is 0.0671. The standard InChI is InChI=1S/C7H7BBrNO/c8-7-2-1-5(4-10-7)6(11)3-9/h1-2,4H,3,8H2. The fourth-order valence-corrected chi connectivity index (χ4v) is 1.03. The van der Waals surface area contributed by atoms with Crippen LogP contribution in [0.5, 0.6) is 0 Å². The Hall–Kier alpha value is -0.635. The van der Waals surface area contributed by atoms with E-state index in [-0.39, 0.29) is 5.78 Å².